The molecule has 0 aliphatic carbocycles. The molecule has 0 radical (unpaired) electrons. The molecule has 0 bridgehead atoms. The zero-order valence-corrected chi connectivity index (χ0v) is 15.5. The largest absolute Gasteiger partial charge is 0.507 e. The molecule has 1 aromatic heterocycles. The molecule has 1 heterocycles. The van der Waals surface area contributed by atoms with Gasteiger partial charge in [0.1, 0.15) is 11.6 Å². The maximum atomic E-state index is 12.3. The zero-order chi connectivity index (χ0) is 19.6. The molecule has 0 spiro atoms. The van der Waals surface area contributed by atoms with Crippen LogP contribution in [0.15, 0.2) is 48.2 Å². The average molecular weight is 402 g/mol. The Balaban J connectivity index is 1.88. The summed E-state index contributed by atoms with van der Waals surface area (Å²) in [6.45, 7) is 1.44. The van der Waals surface area contributed by atoms with Crippen molar-refractivity contribution in [1.82, 2.24) is 9.97 Å². The summed E-state index contributed by atoms with van der Waals surface area (Å²) in [5, 5.41) is 20.4. The smallest absolute Gasteiger partial charge is 0.340 e. The third-order valence-electron chi connectivity index (χ3n) is 3.81. The van der Waals surface area contributed by atoms with Gasteiger partial charge in [-0.15, -0.1) is 0 Å². The van der Waals surface area contributed by atoms with E-state index in [2.05, 4.69) is 9.97 Å². The molecule has 6 nitrogen and oxygen atoms in total. The van der Waals surface area contributed by atoms with Crippen LogP contribution in [0.1, 0.15) is 23.1 Å². The van der Waals surface area contributed by atoms with Crippen molar-refractivity contribution in [1.29, 1.82) is 5.26 Å². The Morgan fingerprint density at radius 1 is 1.30 bits per heavy atom. The number of hydrogen-bond acceptors (Lipinski definition) is 5. The lowest BCUT2D eigenvalue weighted by Crippen LogP contribution is -2.18. The maximum Gasteiger partial charge on any atom is 0.340 e. The van der Waals surface area contributed by atoms with E-state index in [1.165, 1.54) is 25.1 Å². The molecule has 0 amide bonds. The Kier molecular flexibility index (Phi) is 5.36. The topological polar surface area (TPSA) is 99.0 Å². The molecule has 0 fully saturated rings. The van der Waals surface area contributed by atoms with Gasteiger partial charge in [-0.2, -0.15) is 5.26 Å². The number of imidazole rings is 1. The maximum absolute atomic E-state index is 12.3. The predicted octanol–water partition coefficient (Wildman–Crippen LogP) is 4.91. The van der Waals surface area contributed by atoms with Crippen molar-refractivity contribution < 1.29 is 14.6 Å². The fourth-order valence-corrected chi connectivity index (χ4v) is 2.93. The summed E-state index contributed by atoms with van der Waals surface area (Å²) in [5.74, 6) is -0.990. The third kappa shape index (κ3) is 3.90. The number of aromatic amines is 1. The highest BCUT2D eigenvalue weighted by molar-refractivity contribution is 6.36. The van der Waals surface area contributed by atoms with Gasteiger partial charge >= 0.3 is 5.97 Å². The minimum Gasteiger partial charge on any atom is -0.507 e. The first-order chi connectivity index (χ1) is 12.9. The number of aromatic nitrogens is 2. The first-order valence-electron chi connectivity index (χ1n) is 7.85. The van der Waals surface area contributed by atoms with Crippen LogP contribution >= 0.6 is 23.2 Å². The number of rotatable bonds is 4. The fraction of sp³-hybridized carbons (Fsp3) is 0.105. The Morgan fingerprint density at radius 2 is 2.04 bits per heavy atom. The van der Waals surface area contributed by atoms with E-state index in [4.69, 9.17) is 27.9 Å². The van der Waals surface area contributed by atoms with E-state index < -0.39 is 17.8 Å². The number of H-pyrrole nitrogens is 1. The molecule has 2 N–H and O–H groups in total. The van der Waals surface area contributed by atoms with Gasteiger partial charge < -0.3 is 14.8 Å². The monoisotopic (exact) mass is 401 g/mol. The number of esters is 1. The highest BCUT2D eigenvalue weighted by Gasteiger charge is 2.23. The minimum absolute atomic E-state index is 0.1000. The number of aliphatic hydroxyl groups excluding tert-OH is 1. The van der Waals surface area contributed by atoms with E-state index in [1.54, 1.807) is 12.1 Å². The number of nitrogens with one attached hydrogen (secondary N) is 1. The quantitative estimate of drug-likeness (QED) is 0.367. The molecule has 2 aromatic carbocycles. The summed E-state index contributed by atoms with van der Waals surface area (Å²) in [6, 6.07) is 13.4. The number of benzene rings is 2. The summed E-state index contributed by atoms with van der Waals surface area (Å²) < 4.78 is 5.23. The molecular weight excluding hydrogens is 389 g/mol. The van der Waals surface area contributed by atoms with Crippen LogP contribution in [0, 0.1) is 11.3 Å². The lowest BCUT2D eigenvalue weighted by atomic mass is 10.1. The van der Waals surface area contributed by atoms with Crippen LogP contribution in [0.5, 0.6) is 0 Å². The summed E-state index contributed by atoms with van der Waals surface area (Å²) in [5.41, 5.74) is 1.34. The molecule has 8 heteroatoms. The molecule has 0 saturated carbocycles. The van der Waals surface area contributed by atoms with Crippen molar-refractivity contribution >= 4 is 45.8 Å². The van der Waals surface area contributed by atoms with Crippen LogP contribution in [0.25, 0.3) is 16.6 Å². The van der Waals surface area contributed by atoms with Crippen LogP contribution < -0.4 is 0 Å². The molecule has 136 valence electrons. The second kappa shape index (κ2) is 7.70. The highest BCUT2D eigenvalue weighted by Crippen LogP contribution is 2.24. The number of nitriles is 1. The molecule has 0 aliphatic rings. The molecule has 3 rings (SSSR count). The first kappa shape index (κ1) is 18.8. The molecule has 3 aromatic rings. The van der Waals surface area contributed by atoms with Crippen LogP contribution in [0.3, 0.4) is 0 Å². The van der Waals surface area contributed by atoms with Crippen LogP contribution in [0.4, 0.5) is 0 Å². The zero-order valence-electron chi connectivity index (χ0n) is 14.0. The third-order valence-corrected chi connectivity index (χ3v) is 4.36. The Bertz CT molecular complexity index is 1070. The van der Waals surface area contributed by atoms with Gasteiger partial charge in [-0.1, -0.05) is 35.3 Å². The SMILES string of the molecule is C[C@H](OC(=O)c1ccc(Cl)cc1Cl)/C(O)=C(\C#N)c1nc2ccccc2[nH]1. The van der Waals surface area contributed by atoms with Crippen molar-refractivity contribution in [2.75, 3.05) is 0 Å². The molecule has 0 unspecified atom stereocenters. The number of hydrogen-bond donors (Lipinski definition) is 2. The second-order valence-corrected chi connectivity index (χ2v) is 6.49. The fourth-order valence-electron chi connectivity index (χ4n) is 2.44. The van der Waals surface area contributed by atoms with E-state index in [9.17, 15) is 15.2 Å². The van der Waals surface area contributed by atoms with Crippen molar-refractivity contribution in [3.63, 3.8) is 0 Å². The number of nitrogens with zero attached hydrogens (tertiary/aromatic N) is 2. The second-order valence-electron chi connectivity index (χ2n) is 5.65. The molecular formula is C19H13Cl2N3O3. The van der Waals surface area contributed by atoms with Gasteiger partial charge in [0.15, 0.2) is 17.7 Å². The van der Waals surface area contributed by atoms with E-state index in [0.29, 0.717) is 16.1 Å². The highest BCUT2D eigenvalue weighted by atomic mass is 35.5. The summed E-state index contributed by atoms with van der Waals surface area (Å²) in [6.07, 6.45) is -1.09. The molecule has 0 saturated heterocycles. The number of aliphatic hydroxyl groups is 1. The number of carbonyl (C=O) groups is 1. The lowest BCUT2D eigenvalue weighted by Gasteiger charge is -2.14. The summed E-state index contributed by atoms with van der Waals surface area (Å²) >= 11 is 11.8. The number of para-hydroxylation sites is 2. The van der Waals surface area contributed by atoms with E-state index in [1.807, 2.05) is 18.2 Å². The van der Waals surface area contributed by atoms with Crippen LogP contribution in [-0.2, 0) is 4.74 Å². The van der Waals surface area contributed by atoms with Gasteiger partial charge in [0.25, 0.3) is 0 Å². The van der Waals surface area contributed by atoms with Gasteiger partial charge in [0.05, 0.1) is 21.6 Å². The van der Waals surface area contributed by atoms with Gasteiger partial charge in [-0.05, 0) is 37.3 Å². The van der Waals surface area contributed by atoms with Crippen molar-refractivity contribution in [3.05, 3.63) is 69.7 Å². The normalized spacial score (nSPS) is 13.0. The van der Waals surface area contributed by atoms with E-state index in [0.717, 1.165) is 0 Å². The molecule has 1 atom stereocenters. The number of halogens is 2. The van der Waals surface area contributed by atoms with Crippen molar-refractivity contribution in [3.8, 4) is 6.07 Å². The lowest BCUT2D eigenvalue weighted by molar-refractivity contribution is 0.0334. The molecule has 0 aliphatic heterocycles. The van der Waals surface area contributed by atoms with Gasteiger partial charge in [0.2, 0.25) is 0 Å². The molecule has 27 heavy (non-hydrogen) atoms. The van der Waals surface area contributed by atoms with Gasteiger partial charge in [-0.25, -0.2) is 9.78 Å². The first-order valence-corrected chi connectivity index (χ1v) is 8.60. The summed E-state index contributed by atoms with van der Waals surface area (Å²) in [7, 11) is 0. The number of carbonyl (C=O) groups excluding carboxylic acids is 1. The number of ether oxygens (including phenoxy) is 1. The van der Waals surface area contributed by atoms with Crippen LogP contribution in [-0.4, -0.2) is 27.1 Å². The predicted molar refractivity (Wildman–Crippen MR) is 103 cm³/mol. The van der Waals surface area contributed by atoms with Gasteiger partial charge in [-0.3, -0.25) is 0 Å². The Hall–Kier alpha value is -3.01. The van der Waals surface area contributed by atoms with E-state index in [-0.39, 0.29) is 22.0 Å². The number of fused-ring (bicyclic) bond motifs is 1. The Labute approximate surface area is 164 Å². The Morgan fingerprint density at radius 3 is 2.70 bits per heavy atom. The average Bonchev–Trinajstić information content (AvgIpc) is 3.05. The minimum atomic E-state index is -1.09. The van der Waals surface area contributed by atoms with Crippen molar-refractivity contribution in [2.45, 2.75) is 13.0 Å². The van der Waals surface area contributed by atoms with E-state index >= 15 is 0 Å². The number of allylic oxidation sites excluding steroid dienone is 1. The summed E-state index contributed by atoms with van der Waals surface area (Å²) in [4.78, 5) is 19.5. The van der Waals surface area contributed by atoms with Gasteiger partial charge in [0, 0.05) is 5.02 Å². The standard InChI is InChI=1S/C19H13Cl2N3O3/c1-10(27-19(26)12-7-6-11(20)8-14(12)21)17(25)13(9-22)18-23-15-4-2-3-5-16(15)24-18/h2-8,10,25H,1H3,(H,23,24)/b17-13-/t10-/m0/s1. The van der Waals surface area contributed by atoms with Crippen molar-refractivity contribution in [2.24, 2.45) is 0 Å². The van der Waals surface area contributed by atoms with Crippen LogP contribution in [0.2, 0.25) is 10.0 Å².